The molecule has 3 aromatic carbocycles. The average Bonchev–Trinajstić information content (AvgIpc) is 3.21. The fourth-order valence-corrected chi connectivity index (χ4v) is 4.46. The number of anilines is 2. The van der Waals surface area contributed by atoms with Gasteiger partial charge < -0.3 is 24.2 Å². The van der Waals surface area contributed by atoms with Crippen LogP contribution in [0.4, 0.5) is 11.4 Å². The third kappa shape index (κ3) is 5.02. The number of hydrogen-bond donors (Lipinski definition) is 1. The summed E-state index contributed by atoms with van der Waals surface area (Å²) in [6.07, 6.45) is 0.827. The molecule has 8 nitrogen and oxygen atoms in total. The van der Waals surface area contributed by atoms with Crippen LogP contribution in [0.2, 0.25) is 0 Å². The fourth-order valence-electron chi connectivity index (χ4n) is 4.46. The number of ether oxygens (including phenoxy) is 3. The van der Waals surface area contributed by atoms with Crippen molar-refractivity contribution in [3.63, 3.8) is 0 Å². The quantitative estimate of drug-likeness (QED) is 0.238. The molecule has 8 heteroatoms. The Hall–Kier alpha value is -4.46. The molecule has 4 rings (SSSR count). The lowest BCUT2D eigenvalue weighted by Gasteiger charge is -2.26. The summed E-state index contributed by atoms with van der Waals surface area (Å²) in [5.74, 6) is -0.288. The number of hydrogen-bond acceptors (Lipinski definition) is 7. The largest absolute Gasteiger partial charge is 0.507 e. The third-order valence-electron chi connectivity index (χ3n) is 6.39. The molecule has 1 aliphatic heterocycles. The number of benzene rings is 3. The lowest BCUT2D eigenvalue weighted by atomic mass is 9.94. The highest BCUT2D eigenvalue weighted by Crippen LogP contribution is 2.44. The van der Waals surface area contributed by atoms with Crippen molar-refractivity contribution < 1.29 is 28.9 Å². The second kappa shape index (κ2) is 11.3. The van der Waals surface area contributed by atoms with E-state index in [1.165, 1.54) is 19.1 Å². The first-order valence-electron chi connectivity index (χ1n) is 12.3. The number of ketones is 1. The van der Waals surface area contributed by atoms with Gasteiger partial charge in [0.2, 0.25) is 0 Å². The Bertz CT molecular complexity index is 1360. The van der Waals surface area contributed by atoms with Crippen LogP contribution in [0.3, 0.4) is 0 Å². The lowest BCUT2D eigenvalue weighted by Crippen LogP contribution is -2.29. The Balaban J connectivity index is 1.91. The number of carbonyl (C=O) groups excluding carboxylic acids is 2. The molecule has 1 saturated heterocycles. The summed E-state index contributed by atoms with van der Waals surface area (Å²) in [4.78, 5) is 30.3. The first kappa shape index (κ1) is 26.6. The number of nitrogens with zero attached hydrogens (tertiary/aromatic N) is 2. The predicted molar refractivity (Wildman–Crippen MR) is 147 cm³/mol. The Labute approximate surface area is 222 Å². The van der Waals surface area contributed by atoms with Gasteiger partial charge in [0.15, 0.2) is 11.5 Å². The minimum absolute atomic E-state index is 0.0217. The summed E-state index contributed by atoms with van der Waals surface area (Å²) < 4.78 is 16.6. The highest BCUT2D eigenvalue weighted by atomic mass is 16.5. The second-order valence-electron chi connectivity index (χ2n) is 9.07. The molecule has 1 amide bonds. The minimum atomic E-state index is -0.903. The molecule has 198 valence electrons. The molecule has 0 bridgehead atoms. The van der Waals surface area contributed by atoms with Gasteiger partial charge in [0, 0.05) is 31.0 Å². The molecule has 1 atom stereocenters. The number of Topliss-reactive ketones (excluding diaryl/α,β-unsaturated/α-hetero) is 1. The van der Waals surface area contributed by atoms with Crippen molar-refractivity contribution in [1.82, 2.24) is 0 Å². The molecule has 0 saturated carbocycles. The van der Waals surface area contributed by atoms with Crippen molar-refractivity contribution >= 4 is 28.8 Å². The van der Waals surface area contributed by atoms with Gasteiger partial charge in [-0.15, -0.1) is 0 Å². The third-order valence-corrected chi connectivity index (χ3v) is 6.39. The number of rotatable bonds is 9. The van der Waals surface area contributed by atoms with E-state index in [1.54, 1.807) is 54.6 Å². The molecule has 38 heavy (non-hydrogen) atoms. The van der Waals surface area contributed by atoms with Gasteiger partial charge in [0.25, 0.3) is 11.7 Å². The van der Waals surface area contributed by atoms with Crippen LogP contribution in [0.1, 0.15) is 30.5 Å². The number of amides is 1. The van der Waals surface area contributed by atoms with Gasteiger partial charge in [-0.1, -0.05) is 25.1 Å². The molecule has 0 aliphatic carbocycles. The fraction of sp³-hybridized carbons (Fsp3) is 0.267. The molecule has 1 fully saturated rings. The smallest absolute Gasteiger partial charge is 0.300 e. The van der Waals surface area contributed by atoms with Gasteiger partial charge in [-0.3, -0.25) is 14.5 Å². The van der Waals surface area contributed by atoms with E-state index >= 15 is 0 Å². The minimum Gasteiger partial charge on any atom is -0.507 e. The number of methoxy groups -OCH3 is 2. The van der Waals surface area contributed by atoms with Crippen LogP contribution >= 0.6 is 0 Å². The van der Waals surface area contributed by atoms with Crippen LogP contribution in [0.5, 0.6) is 17.2 Å². The van der Waals surface area contributed by atoms with E-state index in [9.17, 15) is 14.7 Å². The zero-order valence-electron chi connectivity index (χ0n) is 22.2. The van der Waals surface area contributed by atoms with Crippen LogP contribution in [0, 0.1) is 0 Å². The standard InChI is InChI=1S/C30H32N2O6/c1-6-16-38-23-9-7-8-20(17-23)28(33)26-27(19-10-15-24(36-4)25(18-19)37-5)32(30(35)29(26)34)22-13-11-21(12-14-22)31(2)3/h7-15,17-18,27,33H,6,16H2,1-5H3/b28-26-. The van der Waals surface area contributed by atoms with Gasteiger partial charge >= 0.3 is 0 Å². The van der Waals surface area contributed by atoms with Gasteiger partial charge in [0.05, 0.1) is 32.4 Å². The van der Waals surface area contributed by atoms with Crippen molar-refractivity contribution in [2.75, 3.05) is 44.7 Å². The molecule has 1 aliphatic rings. The van der Waals surface area contributed by atoms with Crippen molar-refractivity contribution in [3.05, 3.63) is 83.4 Å². The molecular weight excluding hydrogens is 484 g/mol. The Kier molecular flexibility index (Phi) is 7.90. The topological polar surface area (TPSA) is 88.5 Å². The molecule has 0 spiro atoms. The van der Waals surface area contributed by atoms with Crippen LogP contribution in [-0.2, 0) is 9.59 Å². The molecular formula is C30H32N2O6. The maximum absolute atomic E-state index is 13.5. The monoisotopic (exact) mass is 516 g/mol. The zero-order valence-corrected chi connectivity index (χ0v) is 22.2. The highest BCUT2D eigenvalue weighted by Gasteiger charge is 2.47. The van der Waals surface area contributed by atoms with Gasteiger partial charge in [-0.05, 0) is 60.5 Å². The lowest BCUT2D eigenvalue weighted by molar-refractivity contribution is -0.132. The summed E-state index contributed by atoms with van der Waals surface area (Å²) in [6.45, 7) is 2.52. The predicted octanol–water partition coefficient (Wildman–Crippen LogP) is 5.18. The summed E-state index contributed by atoms with van der Waals surface area (Å²) in [5.41, 5.74) is 2.41. The maximum Gasteiger partial charge on any atom is 0.300 e. The number of aliphatic hydroxyl groups excluding tert-OH is 1. The summed E-state index contributed by atoms with van der Waals surface area (Å²) in [7, 11) is 6.89. The van der Waals surface area contributed by atoms with E-state index in [0.717, 1.165) is 12.1 Å². The molecule has 3 aromatic rings. The first-order chi connectivity index (χ1) is 18.3. The molecule has 0 radical (unpaired) electrons. The van der Waals surface area contributed by atoms with E-state index in [1.807, 2.05) is 38.1 Å². The van der Waals surface area contributed by atoms with Gasteiger partial charge in [-0.2, -0.15) is 0 Å². The Morgan fingerprint density at radius 2 is 1.66 bits per heavy atom. The van der Waals surface area contributed by atoms with Crippen molar-refractivity contribution in [2.24, 2.45) is 0 Å². The molecule has 0 aromatic heterocycles. The van der Waals surface area contributed by atoms with Crippen LogP contribution in [0.15, 0.2) is 72.3 Å². The number of aliphatic hydroxyl groups is 1. The van der Waals surface area contributed by atoms with E-state index in [-0.39, 0.29) is 11.3 Å². The van der Waals surface area contributed by atoms with Crippen molar-refractivity contribution in [1.29, 1.82) is 0 Å². The van der Waals surface area contributed by atoms with E-state index in [4.69, 9.17) is 14.2 Å². The van der Waals surface area contributed by atoms with Gasteiger partial charge in [-0.25, -0.2) is 0 Å². The molecule has 1 heterocycles. The first-order valence-corrected chi connectivity index (χ1v) is 12.3. The van der Waals surface area contributed by atoms with E-state index in [2.05, 4.69) is 0 Å². The van der Waals surface area contributed by atoms with Crippen LogP contribution in [-0.4, -0.2) is 51.7 Å². The van der Waals surface area contributed by atoms with E-state index < -0.39 is 17.7 Å². The SMILES string of the molecule is CCCOc1cccc(/C(O)=C2/C(=O)C(=O)N(c3ccc(N(C)C)cc3)C2c2ccc(OC)c(OC)c2)c1. The summed E-state index contributed by atoms with van der Waals surface area (Å²) >= 11 is 0. The van der Waals surface area contributed by atoms with Crippen molar-refractivity contribution in [2.45, 2.75) is 19.4 Å². The summed E-state index contributed by atoms with van der Waals surface area (Å²) in [6, 6.07) is 18.4. The Morgan fingerprint density at radius 3 is 2.29 bits per heavy atom. The zero-order chi connectivity index (χ0) is 27.4. The normalized spacial score (nSPS) is 16.4. The van der Waals surface area contributed by atoms with Crippen molar-refractivity contribution in [3.8, 4) is 17.2 Å². The maximum atomic E-state index is 13.5. The second-order valence-corrected chi connectivity index (χ2v) is 9.07. The highest BCUT2D eigenvalue weighted by molar-refractivity contribution is 6.51. The summed E-state index contributed by atoms with van der Waals surface area (Å²) in [5, 5.41) is 11.5. The molecule has 1 unspecified atom stereocenters. The average molecular weight is 517 g/mol. The van der Waals surface area contributed by atoms with Crippen LogP contribution in [0.25, 0.3) is 5.76 Å². The Morgan fingerprint density at radius 1 is 0.947 bits per heavy atom. The number of carbonyl (C=O) groups is 2. The van der Waals surface area contributed by atoms with E-state index in [0.29, 0.717) is 40.7 Å². The van der Waals surface area contributed by atoms with Crippen LogP contribution < -0.4 is 24.0 Å². The molecule has 1 N–H and O–H groups in total. The van der Waals surface area contributed by atoms with Gasteiger partial charge in [0.1, 0.15) is 11.5 Å².